The number of hydrogen-bond acceptors (Lipinski definition) is 5. The highest BCUT2D eigenvalue weighted by Crippen LogP contribution is 2.15. The van der Waals surface area contributed by atoms with Crippen LogP contribution in [0.2, 0.25) is 0 Å². The van der Waals surface area contributed by atoms with E-state index in [9.17, 15) is 14.0 Å². The normalized spacial score (nSPS) is 10.5. The van der Waals surface area contributed by atoms with Crippen LogP contribution in [0.3, 0.4) is 0 Å². The SMILES string of the molecule is Cc1ccc(CCC(=O)NCCOC(=O)c2ccc(COc3ccc(F)cc3)o2)cc1. The molecule has 3 rings (SSSR count). The Hall–Kier alpha value is -3.61. The number of aryl methyl sites for hydroxylation is 2. The van der Waals surface area contributed by atoms with Gasteiger partial charge in [-0.05, 0) is 55.3 Å². The molecule has 0 bridgehead atoms. The van der Waals surface area contributed by atoms with E-state index in [4.69, 9.17) is 13.9 Å². The van der Waals surface area contributed by atoms with Crippen LogP contribution in [-0.2, 0) is 22.6 Å². The van der Waals surface area contributed by atoms with Gasteiger partial charge < -0.3 is 19.2 Å². The number of halogens is 1. The number of furan rings is 1. The molecule has 0 saturated heterocycles. The van der Waals surface area contributed by atoms with E-state index < -0.39 is 5.97 Å². The first-order chi connectivity index (χ1) is 15.0. The topological polar surface area (TPSA) is 77.8 Å². The molecular weight excluding hydrogens is 401 g/mol. The molecule has 0 fully saturated rings. The summed E-state index contributed by atoms with van der Waals surface area (Å²) >= 11 is 0. The van der Waals surface area contributed by atoms with Gasteiger partial charge in [-0.3, -0.25) is 4.79 Å². The summed E-state index contributed by atoms with van der Waals surface area (Å²) in [6.07, 6.45) is 1.02. The summed E-state index contributed by atoms with van der Waals surface area (Å²) in [5.74, 6) is -0.112. The summed E-state index contributed by atoms with van der Waals surface area (Å²) in [5.41, 5.74) is 2.28. The Morgan fingerprint density at radius 1 is 1.00 bits per heavy atom. The summed E-state index contributed by atoms with van der Waals surface area (Å²) < 4.78 is 28.9. The zero-order chi connectivity index (χ0) is 22.1. The smallest absolute Gasteiger partial charge is 0.374 e. The van der Waals surface area contributed by atoms with Gasteiger partial charge in [0.15, 0.2) is 0 Å². The van der Waals surface area contributed by atoms with Crippen LogP contribution < -0.4 is 10.1 Å². The highest BCUT2D eigenvalue weighted by atomic mass is 19.1. The van der Waals surface area contributed by atoms with Crippen molar-refractivity contribution in [2.24, 2.45) is 0 Å². The molecule has 7 heteroatoms. The number of benzene rings is 2. The number of amides is 1. The van der Waals surface area contributed by atoms with Gasteiger partial charge in [-0.1, -0.05) is 29.8 Å². The highest BCUT2D eigenvalue weighted by molar-refractivity contribution is 5.86. The fraction of sp³-hybridized carbons (Fsp3) is 0.250. The van der Waals surface area contributed by atoms with Gasteiger partial charge in [-0.15, -0.1) is 0 Å². The maximum Gasteiger partial charge on any atom is 0.374 e. The predicted molar refractivity (Wildman–Crippen MR) is 112 cm³/mol. The summed E-state index contributed by atoms with van der Waals surface area (Å²) in [7, 11) is 0. The number of carbonyl (C=O) groups excluding carboxylic acids is 2. The average Bonchev–Trinajstić information content (AvgIpc) is 3.25. The third kappa shape index (κ3) is 7.29. The van der Waals surface area contributed by atoms with E-state index in [0.717, 1.165) is 5.56 Å². The van der Waals surface area contributed by atoms with Crippen LogP contribution in [0.15, 0.2) is 65.1 Å². The van der Waals surface area contributed by atoms with E-state index in [0.29, 0.717) is 24.4 Å². The molecule has 0 atom stereocenters. The molecule has 0 aliphatic rings. The minimum Gasteiger partial charge on any atom is -0.486 e. The average molecular weight is 425 g/mol. The molecule has 0 aliphatic carbocycles. The van der Waals surface area contributed by atoms with Gasteiger partial charge in [0.05, 0.1) is 6.54 Å². The van der Waals surface area contributed by atoms with Crippen LogP contribution in [-0.4, -0.2) is 25.0 Å². The Labute approximate surface area is 180 Å². The fourth-order valence-corrected chi connectivity index (χ4v) is 2.76. The van der Waals surface area contributed by atoms with Crippen LogP contribution in [0.1, 0.15) is 33.9 Å². The molecule has 0 aliphatic heterocycles. The second kappa shape index (κ2) is 11.0. The minimum atomic E-state index is -0.623. The van der Waals surface area contributed by atoms with Gasteiger partial charge in [-0.2, -0.15) is 0 Å². The van der Waals surface area contributed by atoms with Crippen molar-refractivity contribution in [1.82, 2.24) is 5.32 Å². The third-order valence-corrected chi connectivity index (χ3v) is 4.48. The number of nitrogens with one attached hydrogen (secondary N) is 1. The second-order valence-corrected chi connectivity index (χ2v) is 6.98. The van der Waals surface area contributed by atoms with Crippen LogP contribution >= 0.6 is 0 Å². The number of ether oxygens (including phenoxy) is 2. The fourth-order valence-electron chi connectivity index (χ4n) is 2.76. The number of hydrogen-bond donors (Lipinski definition) is 1. The van der Waals surface area contributed by atoms with Crippen LogP contribution in [0, 0.1) is 12.7 Å². The lowest BCUT2D eigenvalue weighted by Gasteiger charge is -2.06. The highest BCUT2D eigenvalue weighted by Gasteiger charge is 2.13. The first-order valence-corrected chi connectivity index (χ1v) is 9.96. The van der Waals surface area contributed by atoms with E-state index in [2.05, 4.69) is 5.32 Å². The van der Waals surface area contributed by atoms with E-state index >= 15 is 0 Å². The van der Waals surface area contributed by atoms with Crippen molar-refractivity contribution in [2.45, 2.75) is 26.4 Å². The van der Waals surface area contributed by atoms with Gasteiger partial charge in [0.2, 0.25) is 11.7 Å². The van der Waals surface area contributed by atoms with Gasteiger partial charge >= 0.3 is 5.97 Å². The maximum absolute atomic E-state index is 12.9. The van der Waals surface area contributed by atoms with Crippen molar-refractivity contribution in [2.75, 3.05) is 13.2 Å². The molecule has 1 aromatic heterocycles. The zero-order valence-electron chi connectivity index (χ0n) is 17.2. The maximum atomic E-state index is 12.9. The third-order valence-electron chi connectivity index (χ3n) is 4.48. The molecule has 0 radical (unpaired) electrons. The second-order valence-electron chi connectivity index (χ2n) is 6.98. The molecule has 3 aromatic rings. The Balaban J connectivity index is 1.32. The molecule has 1 N–H and O–H groups in total. The Bertz CT molecular complexity index is 996. The minimum absolute atomic E-state index is 0.0389. The molecule has 0 spiro atoms. The van der Waals surface area contributed by atoms with Crippen molar-refractivity contribution in [3.05, 3.63) is 89.1 Å². The van der Waals surface area contributed by atoms with Crippen molar-refractivity contribution >= 4 is 11.9 Å². The van der Waals surface area contributed by atoms with Gasteiger partial charge in [0.25, 0.3) is 0 Å². The van der Waals surface area contributed by atoms with E-state index in [1.165, 1.54) is 35.9 Å². The van der Waals surface area contributed by atoms with E-state index in [1.54, 1.807) is 6.07 Å². The molecule has 1 amide bonds. The van der Waals surface area contributed by atoms with Crippen molar-refractivity contribution in [1.29, 1.82) is 0 Å². The first-order valence-electron chi connectivity index (χ1n) is 9.96. The Morgan fingerprint density at radius 3 is 2.48 bits per heavy atom. The number of carbonyl (C=O) groups is 2. The largest absolute Gasteiger partial charge is 0.486 e. The summed E-state index contributed by atoms with van der Waals surface area (Å²) in [6, 6.07) is 16.7. The van der Waals surface area contributed by atoms with Crippen molar-refractivity contribution < 1.29 is 27.9 Å². The molecule has 1 heterocycles. The molecule has 162 valence electrons. The van der Waals surface area contributed by atoms with Crippen molar-refractivity contribution in [3.63, 3.8) is 0 Å². The van der Waals surface area contributed by atoms with Crippen LogP contribution in [0.4, 0.5) is 4.39 Å². The van der Waals surface area contributed by atoms with Gasteiger partial charge in [0, 0.05) is 6.42 Å². The first kappa shape index (κ1) is 22.1. The molecule has 6 nitrogen and oxygen atoms in total. The monoisotopic (exact) mass is 425 g/mol. The zero-order valence-corrected chi connectivity index (χ0v) is 17.2. The molecule has 0 unspecified atom stereocenters. The lowest BCUT2D eigenvalue weighted by Crippen LogP contribution is -2.28. The molecule has 31 heavy (non-hydrogen) atoms. The predicted octanol–water partition coefficient (Wildman–Crippen LogP) is 4.21. The van der Waals surface area contributed by atoms with Crippen LogP contribution in [0.5, 0.6) is 5.75 Å². The Kier molecular flexibility index (Phi) is 7.81. The van der Waals surface area contributed by atoms with E-state index in [-0.39, 0.29) is 37.2 Å². The Morgan fingerprint density at radius 2 is 1.74 bits per heavy atom. The van der Waals surface area contributed by atoms with Crippen molar-refractivity contribution in [3.8, 4) is 5.75 Å². The standard InChI is InChI=1S/C24H24FNO5/c1-17-2-4-18(5-3-17)6-13-23(27)26-14-15-29-24(28)22-12-11-21(31-22)16-30-20-9-7-19(25)8-10-20/h2-5,7-12H,6,13-16H2,1H3,(H,26,27). The quantitative estimate of drug-likeness (QED) is 0.389. The molecule has 0 saturated carbocycles. The summed E-state index contributed by atoms with van der Waals surface area (Å²) in [5, 5.41) is 2.73. The summed E-state index contributed by atoms with van der Waals surface area (Å²) in [6.45, 7) is 2.37. The lowest BCUT2D eigenvalue weighted by atomic mass is 10.1. The van der Waals surface area contributed by atoms with Crippen LogP contribution in [0.25, 0.3) is 0 Å². The summed E-state index contributed by atoms with van der Waals surface area (Å²) in [4.78, 5) is 23.9. The van der Waals surface area contributed by atoms with Gasteiger partial charge in [0.1, 0.15) is 30.5 Å². The number of esters is 1. The molecular formula is C24H24FNO5. The van der Waals surface area contributed by atoms with Gasteiger partial charge in [-0.25, -0.2) is 9.18 Å². The molecule has 2 aromatic carbocycles. The number of rotatable bonds is 10. The lowest BCUT2D eigenvalue weighted by molar-refractivity contribution is -0.121. The van der Waals surface area contributed by atoms with E-state index in [1.807, 2.05) is 31.2 Å².